The molecule has 2 aromatic heterocycles. The van der Waals surface area contributed by atoms with Crippen LogP contribution in [0.5, 0.6) is 0 Å². The Hall–Kier alpha value is -2.89. The Morgan fingerprint density at radius 2 is 1.92 bits per heavy atom. The van der Waals surface area contributed by atoms with Crippen molar-refractivity contribution in [3.05, 3.63) is 59.7 Å². The number of hydrogen-bond acceptors (Lipinski definition) is 3. The van der Waals surface area contributed by atoms with Crippen LogP contribution < -0.4 is 5.32 Å². The first-order valence-electron chi connectivity index (χ1n) is 7.92. The van der Waals surface area contributed by atoms with Crippen molar-refractivity contribution in [2.45, 2.75) is 20.4 Å². The molecule has 0 fully saturated rings. The molecule has 0 aliphatic rings. The van der Waals surface area contributed by atoms with Gasteiger partial charge in [-0.15, -0.1) is 0 Å². The number of aryl methyl sites for hydroxylation is 2. The minimum Gasteiger partial charge on any atom is -0.350 e. The van der Waals surface area contributed by atoms with Crippen LogP contribution in [0.25, 0.3) is 11.1 Å². The second kappa shape index (κ2) is 6.70. The number of carbonyl (C=O) groups is 1. The molecule has 2 heterocycles. The zero-order chi connectivity index (χ0) is 17.1. The van der Waals surface area contributed by atoms with Gasteiger partial charge in [0.25, 0.3) is 5.91 Å². The molecule has 0 bridgehead atoms. The molecule has 6 heteroatoms. The summed E-state index contributed by atoms with van der Waals surface area (Å²) in [6, 6.07) is 10.1. The largest absolute Gasteiger partial charge is 0.350 e. The lowest BCUT2D eigenvalue weighted by Crippen LogP contribution is -2.28. The van der Waals surface area contributed by atoms with Gasteiger partial charge in [-0.1, -0.05) is 30.3 Å². The highest BCUT2D eigenvalue weighted by Crippen LogP contribution is 2.17. The number of aromatic nitrogens is 4. The number of carbonyl (C=O) groups excluding carboxylic acids is 1. The molecule has 0 aliphatic heterocycles. The maximum absolute atomic E-state index is 12.3. The number of benzene rings is 1. The summed E-state index contributed by atoms with van der Waals surface area (Å²) in [5.41, 5.74) is 4.48. The topological polar surface area (TPSA) is 64.7 Å². The summed E-state index contributed by atoms with van der Waals surface area (Å²) < 4.78 is 3.56. The van der Waals surface area contributed by atoms with Gasteiger partial charge in [0.2, 0.25) is 0 Å². The molecule has 1 amide bonds. The Balaban J connectivity index is 1.59. The molecule has 0 radical (unpaired) electrons. The fraction of sp³-hybridized carbons (Fsp3) is 0.278. The molecule has 0 unspecified atom stereocenters. The van der Waals surface area contributed by atoms with Gasteiger partial charge in [0.1, 0.15) is 0 Å². The lowest BCUT2D eigenvalue weighted by atomic mass is 10.1. The van der Waals surface area contributed by atoms with Crippen LogP contribution in [0.2, 0.25) is 0 Å². The minimum atomic E-state index is -0.0893. The third-order valence-corrected chi connectivity index (χ3v) is 4.10. The zero-order valence-corrected chi connectivity index (χ0v) is 14.2. The normalized spacial score (nSPS) is 10.8. The maximum Gasteiger partial charge on any atom is 0.255 e. The van der Waals surface area contributed by atoms with Gasteiger partial charge in [0.05, 0.1) is 24.0 Å². The summed E-state index contributed by atoms with van der Waals surface area (Å²) in [6.45, 7) is 4.88. The van der Waals surface area contributed by atoms with E-state index < -0.39 is 0 Å². The third kappa shape index (κ3) is 3.22. The van der Waals surface area contributed by atoms with E-state index in [1.165, 1.54) is 0 Å². The standard InChI is InChI=1S/C18H21N5O/c1-13-17(14(2)22(3)21-13)18(24)19-9-10-23-12-16(11-20-23)15-7-5-4-6-8-15/h4-8,11-12H,9-10H2,1-3H3,(H,19,24). The molecule has 24 heavy (non-hydrogen) atoms. The second-order valence-electron chi connectivity index (χ2n) is 5.78. The third-order valence-electron chi connectivity index (χ3n) is 4.10. The Labute approximate surface area is 141 Å². The Morgan fingerprint density at radius 3 is 2.58 bits per heavy atom. The molecule has 0 aliphatic carbocycles. The van der Waals surface area contributed by atoms with Crippen LogP contribution in [0, 0.1) is 13.8 Å². The molecule has 0 saturated carbocycles. The molecule has 3 rings (SSSR count). The summed E-state index contributed by atoms with van der Waals surface area (Å²) in [5, 5.41) is 11.6. The summed E-state index contributed by atoms with van der Waals surface area (Å²) in [5.74, 6) is -0.0893. The molecule has 0 atom stereocenters. The highest BCUT2D eigenvalue weighted by Gasteiger charge is 2.16. The van der Waals surface area contributed by atoms with Gasteiger partial charge in [-0.05, 0) is 19.4 Å². The average Bonchev–Trinajstić information content (AvgIpc) is 3.13. The smallest absolute Gasteiger partial charge is 0.255 e. The molecular formula is C18H21N5O. The van der Waals surface area contributed by atoms with Crippen LogP contribution in [-0.2, 0) is 13.6 Å². The van der Waals surface area contributed by atoms with E-state index in [1.54, 1.807) is 4.68 Å². The van der Waals surface area contributed by atoms with Crippen molar-refractivity contribution in [2.75, 3.05) is 6.54 Å². The van der Waals surface area contributed by atoms with E-state index in [1.807, 2.05) is 56.2 Å². The second-order valence-corrected chi connectivity index (χ2v) is 5.78. The maximum atomic E-state index is 12.3. The zero-order valence-electron chi connectivity index (χ0n) is 14.2. The van der Waals surface area contributed by atoms with Crippen molar-refractivity contribution in [3.63, 3.8) is 0 Å². The van der Waals surface area contributed by atoms with Crippen molar-refractivity contribution < 1.29 is 4.79 Å². The van der Waals surface area contributed by atoms with Gasteiger partial charge in [-0.3, -0.25) is 14.2 Å². The average molecular weight is 323 g/mol. The van der Waals surface area contributed by atoms with Crippen molar-refractivity contribution in [1.29, 1.82) is 0 Å². The molecule has 0 spiro atoms. The lowest BCUT2D eigenvalue weighted by molar-refractivity contribution is 0.0950. The van der Waals surface area contributed by atoms with E-state index in [-0.39, 0.29) is 5.91 Å². The molecule has 1 aromatic carbocycles. The number of hydrogen-bond donors (Lipinski definition) is 1. The van der Waals surface area contributed by atoms with Crippen LogP contribution >= 0.6 is 0 Å². The lowest BCUT2D eigenvalue weighted by Gasteiger charge is -2.06. The van der Waals surface area contributed by atoms with Gasteiger partial charge in [0.15, 0.2) is 0 Å². The highest BCUT2D eigenvalue weighted by molar-refractivity contribution is 5.96. The fourth-order valence-corrected chi connectivity index (χ4v) is 2.74. The molecule has 0 saturated heterocycles. The van der Waals surface area contributed by atoms with Gasteiger partial charge < -0.3 is 5.32 Å². The van der Waals surface area contributed by atoms with E-state index in [0.29, 0.717) is 18.7 Å². The molecule has 124 valence electrons. The summed E-state index contributed by atoms with van der Waals surface area (Å²) in [6.07, 6.45) is 3.83. The van der Waals surface area contributed by atoms with Crippen LogP contribution in [0.1, 0.15) is 21.7 Å². The predicted octanol–water partition coefficient (Wildman–Crippen LogP) is 2.33. The van der Waals surface area contributed by atoms with Gasteiger partial charge in [-0.2, -0.15) is 10.2 Å². The molecule has 6 nitrogen and oxygen atoms in total. The summed E-state index contributed by atoms with van der Waals surface area (Å²) >= 11 is 0. The first-order valence-corrected chi connectivity index (χ1v) is 7.92. The number of rotatable bonds is 5. The summed E-state index contributed by atoms with van der Waals surface area (Å²) in [4.78, 5) is 12.3. The van der Waals surface area contributed by atoms with Crippen molar-refractivity contribution in [3.8, 4) is 11.1 Å². The van der Waals surface area contributed by atoms with E-state index >= 15 is 0 Å². The fourth-order valence-electron chi connectivity index (χ4n) is 2.74. The molecule has 1 N–H and O–H groups in total. The highest BCUT2D eigenvalue weighted by atomic mass is 16.1. The first-order chi connectivity index (χ1) is 11.6. The number of nitrogens with zero attached hydrogens (tertiary/aromatic N) is 4. The Bertz CT molecular complexity index is 848. The monoisotopic (exact) mass is 323 g/mol. The Kier molecular flexibility index (Phi) is 4.46. The molecule has 3 aromatic rings. The number of amides is 1. The first kappa shape index (κ1) is 16.0. The van der Waals surface area contributed by atoms with Crippen LogP contribution in [0.4, 0.5) is 0 Å². The predicted molar refractivity (Wildman–Crippen MR) is 92.7 cm³/mol. The number of nitrogens with one attached hydrogen (secondary N) is 1. The van der Waals surface area contributed by atoms with E-state index in [2.05, 4.69) is 27.6 Å². The van der Waals surface area contributed by atoms with Crippen molar-refractivity contribution in [1.82, 2.24) is 24.9 Å². The molecular weight excluding hydrogens is 302 g/mol. The van der Waals surface area contributed by atoms with E-state index in [4.69, 9.17) is 0 Å². The Morgan fingerprint density at radius 1 is 1.17 bits per heavy atom. The van der Waals surface area contributed by atoms with Crippen LogP contribution in [-0.4, -0.2) is 32.0 Å². The minimum absolute atomic E-state index is 0.0893. The van der Waals surface area contributed by atoms with Gasteiger partial charge in [0, 0.05) is 31.0 Å². The van der Waals surface area contributed by atoms with Gasteiger partial charge >= 0.3 is 0 Å². The van der Waals surface area contributed by atoms with E-state index in [9.17, 15) is 4.79 Å². The summed E-state index contributed by atoms with van der Waals surface area (Å²) in [7, 11) is 1.84. The van der Waals surface area contributed by atoms with Crippen molar-refractivity contribution in [2.24, 2.45) is 7.05 Å². The quantitative estimate of drug-likeness (QED) is 0.784. The van der Waals surface area contributed by atoms with Crippen LogP contribution in [0.3, 0.4) is 0 Å². The van der Waals surface area contributed by atoms with Crippen LogP contribution in [0.15, 0.2) is 42.7 Å². The van der Waals surface area contributed by atoms with E-state index in [0.717, 1.165) is 22.5 Å². The van der Waals surface area contributed by atoms with Gasteiger partial charge in [-0.25, -0.2) is 0 Å². The van der Waals surface area contributed by atoms with Crippen molar-refractivity contribution >= 4 is 5.91 Å². The SMILES string of the molecule is Cc1nn(C)c(C)c1C(=O)NCCn1cc(-c2ccccc2)cn1.